The molecule has 18 heavy (non-hydrogen) atoms. The smallest absolute Gasteiger partial charge is 0.297 e. The molecular formula is C12H10BrClN2O2. The van der Waals surface area contributed by atoms with Gasteiger partial charge in [0.2, 0.25) is 0 Å². The van der Waals surface area contributed by atoms with Gasteiger partial charge in [0.1, 0.15) is 5.15 Å². The molecule has 6 heteroatoms. The summed E-state index contributed by atoms with van der Waals surface area (Å²) in [5, 5.41) is 0.0945. The van der Waals surface area contributed by atoms with Crippen molar-refractivity contribution in [2.24, 2.45) is 0 Å². The van der Waals surface area contributed by atoms with Crippen molar-refractivity contribution in [1.82, 2.24) is 9.55 Å². The minimum atomic E-state index is -0.501. The van der Waals surface area contributed by atoms with E-state index in [0.29, 0.717) is 5.56 Å². The van der Waals surface area contributed by atoms with Crippen LogP contribution >= 0.6 is 27.5 Å². The molecule has 94 valence electrons. The number of rotatable bonds is 2. The maximum Gasteiger partial charge on any atom is 0.329 e. The number of benzene rings is 1. The van der Waals surface area contributed by atoms with Gasteiger partial charge in [-0.05, 0) is 24.6 Å². The van der Waals surface area contributed by atoms with Crippen LogP contribution in [-0.4, -0.2) is 9.55 Å². The first kappa shape index (κ1) is 13.1. The van der Waals surface area contributed by atoms with Crippen LogP contribution in [0.25, 0.3) is 0 Å². The first-order chi connectivity index (χ1) is 8.49. The molecular weight excluding hydrogens is 320 g/mol. The van der Waals surface area contributed by atoms with Crippen LogP contribution in [-0.2, 0) is 6.54 Å². The molecule has 0 unspecified atom stereocenters. The second kappa shape index (κ2) is 5.12. The predicted molar refractivity (Wildman–Crippen MR) is 74.3 cm³/mol. The highest BCUT2D eigenvalue weighted by atomic mass is 79.9. The zero-order valence-electron chi connectivity index (χ0n) is 9.54. The Labute approximate surface area is 116 Å². The second-order valence-corrected chi connectivity index (χ2v) is 5.18. The van der Waals surface area contributed by atoms with Gasteiger partial charge in [0.15, 0.2) is 0 Å². The van der Waals surface area contributed by atoms with E-state index < -0.39 is 5.69 Å². The van der Waals surface area contributed by atoms with E-state index in [1.807, 2.05) is 24.3 Å². The molecule has 0 aliphatic heterocycles. The Hall–Kier alpha value is -1.33. The molecule has 0 saturated carbocycles. The van der Waals surface area contributed by atoms with Crippen molar-refractivity contribution in [2.45, 2.75) is 13.5 Å². The third kappa shape index (κ3) is 2.57. The molecule has 0 aliphatic rings. The zero-order valence-corrected chi connectivity index (χ0v) is 11.9. The lowest BCUT2D eigenvalue weighted by atomic mass is 10.2. The van der Waals surface area contributed by atoms with Crippen LogP contribution in [0, 0.1) is 6.92 Å². The number of aromatic nitrogens is 2. The first-order valence-electron chi connectivity index (χ1n) is 5.22. The quantitative estimate of drug-likeness (QED) is 0.860. The Morgan fingerprint density at radius 2 is 1.89 bits per heavy atom. The fourth-order valence-electron chi connectivity index (χ4n) is 1.56. The Morgan fingerprint density at radius 1 is 1.28 bits per heavy atom. The lowest BCUT2D eigenvalue weighted by Gasteiger charge is -2.06. The Kier molecular flexibility index (Phi) is 3.73. The normalized spacial score (nSPS) is 10.6. The molecule has 2 aromatic rings. The molecule has 0 fully saturated rings. The summed E-state index contributed by atoms with van der Waals surface area (Å²) in [6.07, 6.45) is 0. The molecule has 4 nitrogen and oxygen atoms in total. The summed E-state index contributed by atoms with van der Waals surface area (Å²) >= 11 is 9.07. The van der Waals surface area contributed by atoms with Crippen molar-refractivity contribution < 1.29 is 0 Å². The number of halogens is 2. The molecule has 1 N–H and O–H groups in total. The van der Waals surface area contributed by atoms with Crippen LogP contribution in [0.2, 0.25) is 5.15 Å². The molecule has 0 spiro atoms. The van der Waals surface area contributed by atoms with Crippen molar-refractivity contribution in [3.63, 3.8) is 0 Å². The Bertz CT molecular complexity index is 689. The van der Waals surface area contributed by atoms with Crippen LogP contribution < -0.4 is 11.2 Å². The van der Waals surface area contributed by atoms with Gasteiger partial charge in [0.05, 0.1) is 6.54 Å². The number of H-pyrrole nitrogens is 1. The highest BCUT2D eigenvalue weighted by molar-refractivity contribution is 9.10. The summed E-state index contributed by atoms with van der Waals surface area (Å²) in [5.41, 5.74) is 0.339. The van der Waals surface area contributed by atoms with Crippen LogP contribution in [0.1, 0.15) is 11.1 Å². The van der Waals surface area contributed by atoms with Crippen LogP contribution in [0.5, 0.6) is 0 Å². The average molecular weight is 330 g/mol. The van der Waals surface area contributed by atoms with Crippen molar-refractivity contribution in [3.05, 3.63) is 65.9 Å². The van der Waals surface area contributed by atoms with Crippen LogP contribution in [0.3, 0.4) is 0 Å². The van der Waals surface area contributed by atoms with Gasteiger partial charge in [0, 0.05) is 10.0 Å². The maximum atomic E-state index is 11.9. The number of aromatic amines is 1. The molecule has 1 heterocycles. The number of hydrogen-bond donors (Lipinski definition) is 1. The number of nitrogens with zero attached hydrogens (tertiary/aromatic N) is 1. The van der Waals surface area contributed by atoms with E-state index >= 15 is 0 Å². The SMILES string of the molecule is Cc1c(Cl)[nH]c(=O)n(Cc2ccc(Br)cc2)c1=O. The third-order valence-corrected chi connectivity index (χ3v) is 3.52. The zero-order chi connectivity index (χ0) is 13.3. The summed E-state index contributed by atoms with van der Waals surface area (Å²) in [5.74, 6) is 0. The molecule has 0 radical (unpaired) electrons. The average Bonchev–Trinajstić information content (AvgIpc) is 2.34. The standard InChI is InChI=1S/C12H10BrClN2O2/c1-7-10(14)15-12(18)16(11(7)17)6-8-2-4-9(13)5-3-8/h2-5H,6H2,1H3,(H,15,18). The lowest BCUT2D eigenvalue weighted by Crippen LogP contribution is -2.36. The fourth-order valence-corrected chi connectivity index (χ4v) is 1.99. The van der Waals surface area contributed by atoms with Gasteiger partial charge in [-0.15, -0.1) is 0 Å². The van der Waals surface area contributed by atoms with E-state index in [1.165, 1.54) is 0 Å². The van der Waals surface area contributed by atoms with Crippen LogP contribution in [0.15, 0.2) is 38.3 Å². The molecule has 0 atom stereocenters. The highest BCUT2D eigenvalue weighted by Gasteiger charge is 2.09. The summed E-state index contributed by atoms with van der Waals surface area (Å²) in [4.78, 5) is 26.1. The molecule has 0 bridgehead atoms. The maximum absolute atomic E-state index is 11.9. The van der Waals surface area contributed by atoms with E-state index in [0.717, 1.165) is 14.6 Å². The summed E-state index contributed by atoms with van der Waals surface area (Å²) in [6.45, 7) is 1.80. The number of nitrogens with one attached hydrogen (secondary N) is 1. The molecule has 1 aromatic carbocycles. The summed E-state index contributed by atoms with van der Waals surface area (Å²) in [6, 6.07) is 7.41. The third-order valence-electron chi connectivity index (χ3n) is 2.61. The van der Waals surface area contributed by atoms with Crippen molar-refractivity contribution in [1.29, 1.82) is 0 Å². The van der Waals surface area contributed by atoms with E-state index in [2.05, 4.69) is 20.9 Å². The van der Waals surface area contributed by atoms with Crippen molar-refractivity contribution in [2.75, 3.05) is 0 Å². The fraction of sp³-hybridized carbons (Fsp3) is 0.167. The van der Waals surface area contributed by atoms with E-state index in [4.69, 9.17) is 11.6 Å². The topological polar surface area (TPSA) is 54.9 Å². The highest BCUT2D eigenvalue weighted by Crippen LogP contribution is 2.11. The number of hydrogen-bond acceptors (Lipinski definition) is 2. The van der Waals surface area contributed by atoms with E-state index in [-0.39, 0.29) is 17.3 Å². The Morgan fingerprint density at radius 3 is 2.50 bits per heavy atom. The van der Waals surface area contributed by atoms with E-state index in [1.54, 1.807) is 6.92 Å². The minimum Gasteiger partial charge on any atom is -0.297 e. The Balaban J connectivity index is 2.47. The van der Waals surface area contributed by atoms with Gasteiger partial charge in [0.25, 0.3) is 5.56 Å². The van der Waals surface area contributed by atoms with Gasteiger partial charge < -0.3 is 0 Å². The van der Waals surface area contributed by atoms with Crippen molar-refractivity contribution >= 4 is 27.5 Å². The van der Waals surface area contributed by atoms with Crippen molar-refractivity contribution in [3.8, 4) is 0 Å². The molecule has 0 aliphatic carbocycles. The van der Waals surface area contributed by atoms with Gasteiger partial charge in [-0.1, -0.05) is 39.7 Å². The largest absolute Gasteiger partial charge is 0.329 e. The molecule has 1 aromatic heterocycles. The van der Waals surface area contributed by atoms with Gasteiger partial charge >= 0.3 is 5.69 Å². The predicted octanol–water partition coefficient (Wildman–Crippen LogP) is 2.31. The van der Waals surface area contributed by atoms with E-state index in [9.17, 15) is 9.59 Å². The van der Waals surface area contributed by atoms with Crippen LogP contribution in [0.4, 0.5) is 0 Å². The minimum absolute atomic E-state index is 0.0945. The lowest BCUT2D eigenvalue weighted by molar-refractivity contribution is 0.692. The monoisotopic (exact) mass is 328 g/mol. The van der Waals surface area contributed by atoms with Gasteiger partial charge in [-0.2, -0.15) is 0 Å². The first-order valence-corrected chi connectivity index (χ1v) is 6.40. The molecule has 0 amide bonds. The summed E-state index contributed by atoms with van der Waals surface area (Å²) in [7, 11) is 0. The second-order valence-electron chi connectivity index (χ2n) is 3.89. The summed E-state index contributed by atoms with van der Waals surface area (Å²) < 4.78 is 2.07. The molecule has 0 saturated heterocycles. The molecule has 2 rings (SSSR count). The van der Waals surface area contributed by atoms with Gasteiger partial charge in [-0.3, -0.25) is 14.3 Å². The van der Waals surface area contributed by atoms with Gasteiger partial charge in [-0.25, -0.2) is 4.79 Å².